The first kappa shape index (κ1) is 24.3. The fourth-order valence-corrected chi connectivity index (χ4v) is 1.55. The van der Waals surface area contributed by atoms with Gasteiger partial charge in [-0.15, -0.1) is 7.05 Å². The molecule has 0 atom stereocenters. The zero-order chi connectivity index (χ0) is 17.5. The maximum absolute atomic E-state index is 10.5. The summed E-state index contributed by atoms with van der Waals surface area (Å²) in [5.74, 6) is 0. The van der Waals surface area contributed by atoms with E-state index in [-0.39, 0.29) is 21.1 Å². The predicted molar refractivity (Wildman–Crippen MR) is 102 cm³/mol. The van der Waals surface area contributed by atoms with Gasteiger partial charge in [-0.2, -0.15) is 11.6 Å². The summed E-state index contributed by atoms with van der Waals surface area (Å²) in [5, 5.41) is 17.7. The van der Waals surface area contributed by atoms with Crippen LogP contribution in [0, 0.1) is 5.41 Å². The standard InChI is InChI=1S/C10H12N2OS.C7H11N2.W/c1-11-9-4-2-3-5-10(9)12-8(6-13)7-14;1-7(3-5-8)4-6-9-2;/h2-7,11-12,14H,1H3;3-6,8H,1-2H3;/q;-1;+2/p-1/b8-7-;6-4+,7-3-,8-5?;. The first-order valence-corrected chi connectivity index (χ1v) is 7.34. The SMILES string of the molecule is CNc1ccccc1N/C(C=O)=C\[S-].C[N-]/C=C/C(C)=C\C=N.[W+2]. The number of hydrogen-bond donors (Lipinski definition) is 3. The molecule has 0 aliphatic heterocycles. The Hall–Kier alpha value is -1.91. The molecule has 3 N–H and O–H groups in total. The topological polar surface area (TPSA) is 79.1 Å². The van der Waals surface area contributed by atoms with Gasteiger partial charge >= 0.3 is 21.1 Å². The van der Waals surface area contributed by atoms with Crippen LogP contribution in [-0.4, -0.2) is 26.6 Å². The van der Waals surface area contributed by atoms with Gasteiger partial charge in [-0.25, -0.2) is 0 Å². The molecule has 0 saturated carbocycles. The third-order valence-corrected chi connectivity index (χ3v) is 2.82. The van der Waals surface area contributed by atoms with Crippen molar-refractivity contribution in [2.75, 3.05) is 24.7 Å². The Bertz CT molecular complexity index is 586. The van der Waals surface area contributed by atoms with E-state index in [1.807, 2.05) is 44.3 Å². The van der Waals surface area contributed by atoms with Gasteiger partial charge in [0.25, 0.3) is 0 Å². The number of carbonyl (C=O) groups excluding carboxylic acids is 1. The molecular weight excluding hydrogens is 492 g/mol. The van der Waals surface area contributed by atoms with Crippen molar-refractivity contribution < 1.29 is 25.9 Å². The maximum Gasteiger partial charge on any atom is 2.00 e. The van der Waals surface area contributed by atoms with Crippen molar-refractivity contribution in [3.63, 3.8) is 0 Å². The third kappa shape index (κ3) is 10.8. The van der Waals surface area contributed by atoms with Crippen molar-refractivity contribution >= 4 is 36.5 Å². The van der Waals surface area contributed by atoms with E-state index in [1.165, 1.54) is 11.6 Å². The largest absolute Gasteiger partial charge is 2.00 e. The summed E-state index contributed by atoms with van der Waals surface area (Å²) in [4.78, 5) is 10.5. The molecule has 0 heterocycles. The molecule has 7 heteroatoms. The van der Waals surface area contributed by atoms with Crippen LogP contribution >= 0.6 is 0 Å². The van der Waals surface area contributed by atoms with Gasteiger partial charge in [0.05, 0.1) is 17.1 Å². The summed E-state index contributed by atoms with van der Waals surface area (Å²) in [6.07, 6.45) is 7.22. The van der Waals surface area contributed by atoms with E-state index in [0.29, 0.717) is 12.0 Å². The molecule has 1 aromatic carbocycles. The van der Waals surface area contributed by atoms with Crippen molar-refractivity contribution in [3.05, 3.63) is 64.6 Å². The number of para-hydroxylation sites is 2. The average molecular weight is 514 g/mol. The van der Waals surface area contributed by atoms with Crippen LogP contribution in [-0.2, 0) is 38.5 Å². The van der Waals surface area contributed by atoms with Gasteiger partial charge < -0.3 is 34.0 Å². The molecule has 0 bridgehead atoms. The van der Waals surface area contributed by atoms with Crippen molar-refractivity contribution in [3.8, 4) is 0 Å². The minimum atomic E-state index is 0. The molecule has 0 aliphatic carbocycles. The fourth-order valence-electron chi connectivity index (χ4n) is 1.43. The molecule has 0 aromatic heterocycles. The van der Waals surface area contributed by atoms with Gasteiger partial charge in [-0.3, -0.25) is 4.79 Å². The minimum absolute atomic E-state index is 0. The van der Waals surface area contributed by atoms with Crippen molar-refractivity contribution in [2.45, 2.75) is 6.92 Å². The molecule has 0 spiro atoms. The molecule has 5 nitrogen and oxygen atoms in total. The van der Waals surface area contributed by atoms with Gasteiger partial charge in [-0.1, -0.05) is 23.8 Å². The quantitative estimate of drug-likeness (QED) is 0.170. The normalized spacial score (nSPS) is 10.8. The number of nitrogens with one attached hydrogen (secondary N) is 3. The van der Waals surface area contributed by atoms with E-state index >= 15 is 0 Å². The number of nitrogens with zero attached hydrogens (tertiary/aromatic N) is 1. The molecule has 0 amide bonds. The number of anilines is 2. The van der Waals surface area contributed by atoms with E-state index in [1.54, 1.807) is 19.3 Å². The monoisotopic (exact) mass is 514 g/mol. The number of allylic oxidation sites excluding steroid dienone is 4. The molecule has 24 heavy (non-hydrogen) atoms. The second-order valence-corrected chi connectivity index (χ2v) is 4.50. The fraction of sp³-hybridized carbons (Fsp3) is 0.176. The van der Waals surface area contributed by atoms with E-state index in [4.69, 9.17) is 5.41 Å². The summed E-state index contributed by atoms with van der Waals surface area (Å²) in [6.45, 7) is 1.92. The molecule has 0 fully saturated rings. The molecule has 0 unspecified atom stereocenters. The second-order valence-electron chi connectivity index (χ2n) is 4.26. The molecule has 1 aromatic rings. The molecule has 128 valence electrons. The predicted octanol–water partition coefficient (Wildman–Crippen LogP) is 3.82. The number of hydrogen-bond acceptors (Lipinski definition) is 5. The number of rotatable bonds is 7. The third-order valence-electron chi connectivity index (χ3n) is 2.56. The van der Waals surface area contributed by atoms with E-state index in [9.17, 15) is 4.79 Å². The zero-order valence-electron chi connectivity index (χ0n) is 13.9. The molecular formula is C17H22N4OSW. The van der Waals surface area contributed by atoms with Crippen LogP contribution in [0.3, 0.4) is 0 Å². The maximum atomic E-state index is 10.5. The first-order chi connectivity index (χ1) is 11.1. The van der Waals surface area contributed by atoms with Crippen LogP contribution in [0.4, 0.5) is 11.4 Å². The molecule has 0 aliphatic rings. The van der Waals surface area contributed by atoms with Crippen LogP contribution in [0.5, 0.6) is 0 Å². The van der Waals surface area contributed by atoms with E-state index in [2.05, 4.69) is 28.6 Å². The van der Waals surface area contributed by atoms with Crippen LogP contribution in [0.2, 0.25) is 0 Å². The Morgan fingerprint density at radius 3 is 2.38 bits per heavy atom. The smallest absolute Gasteiger partial charge is 0.785 e. The van der Waals surface area contributed by atoms with Crippen molar-refractivity contribution in [2.24, 2.45) is 0 Å². The van der Waals surface area contributed by atoms with Gasteiger partial charge in [0.2, 0.25) is 0 Å². The molecule has 0 saturated heterocycles. The van der Waals surface area contributed by atoms with E-state index in [0.717, 1.165) is 16.9 Å². The number of carbonyl (C=O) groups is 1. The van der Waals surface area contributed by atoms with E-state index < -0.39 is 0 Å². The summed E-state index contributed by atoms with van der Waals surface area (Å²) < 4.78 is 0. The Balaban J connectivity index is 0. The van der Waals surface area contributed by atoms with Crippen LogP contribution in [0.1, 0.15) is 6.92 Å². The number of benzene rings is 1. The average Bonchev–Trinajstić information content (AvgIpc) is 2.59. The van der Waals surface area contributed by atoms with Gasteiger partial charge in [-0.05, 0) is 25.1 Å². The Morgan fingerprint density at radius 2 is 1.92 bits per heavy atom. The minimum Gasteiger partial charge on any atom is -0.785 e. The molecule has 1 rings (SSSR count). The summed E-state index contributed by atoms with van der Waals surface area (Å²) >= 11 is 4.68. The first-order valence-electron chi connectivity index (χ1n) is 6.86. The number of aldehydes is 1. The van der Waals surface area contributed by atoms with Crippen LogP contribution in [0.15, 0.2) is 59.3 Å². The summed E-state index contributed by atoms with van der Waals surface area (Å²) in [6, 6.07) is 7.58. The van der Waals surface area contributed by atoms with Crippen molar-refractivity contribution in [1.82, 2.24) is 0 Å². The summed E-state index contributed by atoms with van der Waals surface area (Å²) in [5.41, 5.74) is 3.17. The van der Waals surface area contributed by atoms with Crippen LogP contribution in [0.25, 0.3) is 5.32 Å². The van der Waals surface area contributed by atoms with Crippen molar-refractivity contribution in [1.29, 1.82) is 5.41 Å². The van der Waals surface area contributed by atoms with Gasteiger partial charge in [0, 0.05) is 13.3 Å². The van der Waals surface area contributed by atoms with Gasteiger partial charge in [0.1, 0.15) is 0 Å². The Morgan fingerprint density at radius 1 is 1.29 bits per heavy atom. The van der Waals surface area contributed by atoms with Gasteiger partial charge in [0.15, 0.2) is 6.29 Å². The van der Waals surface area contributed by atoms with Crippen LogP contribution < -0.4 is 10.6 Å². The zero-order valence-corrected chi connectivity index (χ0v) is 17.7. The molecule has 0 radical (unpaired) electrons. The Labute approximate surface area is 163 Å². The summed E-state index contributed by atoms with van der Waals surface area (Å²) in [7, 11) is 3.53. The Kier molecular flexibility index (Phi) is 16.2. The second kappa shape index (κ2) is 16.0.